The van der Waals surface area contributed by atoms with E-state index in [2.05, 4.69) is 11.9 Å². The Morgan fingerprint density at radius 3 is 2.26 bits per heavy atom. The van der Waals surface area contributed by atoms with Crippen LogP contribution in [0.5, 0.6) is 0 Å². The van der Waals surface area contributed by atoms with Gasteiger partial charge in [0.25, 0.3) is 0 Å². The van der Waals surface area contributed by atoms with Gasteiger partial charge in [0.05, 0.1) is 16.9 Å². The molecule has 2 rings (SSSR count). The Hall–Kier alpha value is -0.625. The summed E-state index contributed by atoms with van der Waals surface area (Å²) < 4.78 is 12.3. The molecule has 0 spiro atoms. The minimum absolute atomic E-state index is 0.0823. The van der Waals surface area contributed by atoms with Crippen LogP contribution in [0.15, 0.2) is 5.47 Å². The van der Waals surface area contributed by atoms with E-state index in [4.69, 9.17) is 9.31 Å². The van der Waals surface area contributed by atoms with Crippen molar-refractivity contribution in [1.82, 2.24) is 4.98 Å². The summed E-state index contributed by atoms with van der Waals surface area (Å²) in [7, 11) is -0.448. The normalized spacial score (nSPS) is 20.1. The van der Waals surface area contributed by atoms with Gasteiger partial charge in [0, 0.05) is 17.6 Å². The molecule has 7 heteroatoms. The third-order valence-corrected chi connectivity index (χ3v) is 6.26. The molecule has 1 aromatic heterocycles. The van der Waals surface area contributed by atoms with E-state index in [1.165, 1.54) is 16.6 Å². The Morgan fingerprint density at radius 2 is 1.83 bits per heavy atom. The summed E-state index contributed by atoms with van der Waals surface area (Å²) in [4.78, 5) is 17.1. The van der Waals surface area contributed by atoms with E-state index in [9.17, 15) is 4.79 Å². The van der Waals surface area contributed by atoms with E-state index in [0.717, 1.165) is 16.2 Å². The highest BCUT2D eigenvalue weighted by atomic mass is 32.2. The third-order valence-electron chi connectivity index (χ3n) is 4.35. The molecule has 23 heavy (non-hydrogen) atoms. The van der Waals surface area contributed by atoms with Crippen LogP contribution < -0.4 is 0 Å². The van der Waals surface area contributed by atoms with Gasteiger partial charge in [-0.2, -0.15) is 0 Å². The molecule has 0 atom stereocenters. The van der Waals surface area contributed by atoms with Crippen LogP contribution in [0.1, 0.15) is 50.2 Å². The highest BCUT2D eigenvalue weighted by molar-refractivity contribution is 8.13. The van der Waals surface area contributed by atoms with Crippen LogP contribution in [0.25, 0.3) is 6.08 Å². The highest BCUT2D eigenvalue weighted by Crippen LogP contribution is 2.39. The van der Waals surface area contributed by atoms with Gasteiger partial charge in [-0.05, 0) is 53.1 Å². The van der Waals surface area contributed by atoms with Crippen molar-refractivity contribution in [2.24, 2.45) is 0 Å². The lowest BCUT2D eigenvalue weighted by atomic mass is 9.79. The van der Waals surface area contributed by atoms with Gasteiger partial charge in [-0.15, -0.1) is 11.3 Å². The molecule has 126 valence electrons. The fourth-order valence-electron chi connectivity index (χ4n) is 2.08. The van der Waals surface area contributed by atoms with Gasteiger partial charge in [0.15, 0.2) is 5.12 Å². The molecule has 1 fully saturated rings. The van der Waals surface area contributed by atoms with E-state index in [1.807, 2.05) is 40.7 Å². The maximum absolute atomic E-state index is 11.4. The SMILES string of the molecule is CC(=O)SCC(=Cc1nc(C)c(C)s1)B1OC(C)(C)C(C)(C)O1. The minimum Gasteiger partial charge on any atom is -0.400 e. The number of carbonyl (C=O) groups is 1. The minimum atomic E-state index is -0.448. The average molecular weight is 353 g/mol. The first-order valence-electron chi connectivity index (χ1n) is 7.65. The predicted molar refractivity (Wildman–Crippen MR) is 98.8 cm³/mol. The van der Waals surface area contributed by atoms with Crippen molar-refractivity contribution >= 4 is 41.4 Å². The molecule has 0 unspecified atom stereocenters. The Kier molecular flexibility index (Phi) is 5.46. The van der Waals surface area contributed by atoms with Crippen molar-refractivity contribution in [1.29, 1.82) is 0 Å². The number of carbonyl (C=O) groups excluding carboxylic acids is 1. The monoisotopic (exact) mass is 353 g/mol. The molecule has 1 aromatic rings. The second-order valence-corrected chi connectivity index (χ2v) is 9.17. The first-order valence-corrected chi connectivity index (χ1v) is 9.45. The number of nitrogens with zero attached hydrogens (tertiary/aromatic N) is 1. The molecule has 0 bridgehead atoms. The van der Waals surface area contributed by atoms with Crippen molar-refractivity contribution < 1.29 is 14.1 Å². The molecular formula is C16H24BNO3S2. The lowest BCUT2D eigenvalue weighted by molar-refractivity contribution is -0.109. The van der Waals surface area contributed by atoms with Crippen molar-refractivity contribution in [2.75, 3.05) is 5.75 Å². The molecule has 4 nitrogen and oxygen atoms in total. The maximum Gasteiger partial charge on any atom is 0.491 e. The fraction of sp³-hybridized carbons (Fsp3) is 0.625. The molecule has 1 aliphatic rings. The molecule has 1 aliphatic heterocycles. The third kappa shape index (κ3) is 4.26. The zero-order chi connectivity index (χ0) is 17.4. The van der Waals surface area contributed by atoms with Crippen LogP contribution in [-0.4, -0.2) is 34.2 Å². The second kappa shape index (κ2) is 6.71. The van der Waals surface area contributed by atoms with Crippen LogP contribution in [0.4, 0.5) is 0 Å². The Bertz CT molecular complexity index is 602. The van der Waals surface area contributed by atoms with Crippen LogP contribution in [-0.2, 0) is 14.1 Å². The molecule has 0 radical (unpaired) electrons. The van der Waals surface area contributed by atoms with E-state index < -0.39 is 18.3 Å². The molecule has 0 amide bonds. The van der Waals surface area contributed by atoms with E-state index in [-0.39, 0.29) is 5.12 Å². The molecule has 2 heterocycles. The molecule has 0 aliphatic carbocycles. The lowest BCUT2D eigenvalue weighted by Gasteiger charge is -2.32. The number of hydrogen-bond donors (Lipinski definition) is 0. The molecule has 1 saturated heterocycles. The predicted octanol–water partition coefficient (Wildman–Crippen LogP) is 4.05. The van der Waals surface area contributed by atoms with E-state index in [1.54, 1.807) is 18.3 Å². The molecule has 0 aromatic carbocycles. The van der Waals surface area contributed by atoms with Crippen molar-refractivity contribution in [3.8, 4) is 0 Å². The van der Waals surface area contributed by atoms with Gasteiger partial charge in [-0.1, -0.05) is 11.8 Å². The van der Waals surface area contributed by atoms with Crippen molar-refractivity contribution in [3.05, 3.63) is 21.1 Å². The zero-order valence-corrected chi connectivity index (χ0v) is 16.5. The number of thioether (sulfide) groups is 1. The standard InChI is InChI=1S/C16H24BNO3S2/c1-10-11(2)23-14(18-10)8-13(9-22-12(3)19)17-20-15(4,5)16(6,7)21-17/h8H,9H2,1-7H3. The molecule has 0 saturated carbocycles. The van der Waals surface area contributed by atoms with Crippen LogP contribution in [0.3, 0.4) is 0 Å². The summed E-state index contributed by atoms with van der Waals surface area (Å²) in [6.45, 7) is 13.7. The molecular weight excluding hydrogens is 329 g/mol. The first-order chi connectivity index (χ1) is 10.5. The van der Waals surface area contributed by atoms with Crippen molar-refractivity contribution in [3.63, 3.8) is 0 Å². The maximum atomic E-state index is 11.4. The summed E-state index contributed by atoms with van der Waals surface area (Å²) in [6, 6.07) is 0. The quantitative estimate of drug-likeness (QED) is 0.764. The first kappa shape index (κ1) is 18.7. The topological polar surface area (TPSA) is 48.4 Å². The van der Waals surface area contributed by atoms with E-state index in [0.29, 0.717) is 5.75 Å². The van der Waals surface area contributed by atoms with Crippen molar-refractivity contribution in [2.45, 2.75) is 59.7 Å². The summed E-state index contributed by atoms with van der Waals surface area (Å²) in [5, 5.41) is 1.01. The number of aromatic nitrogens is 1. The van der Waals surface area contributed by atoms with Crippen LogP contribution >= 0.6 is 23.1 Å². The number of hydrogen-bond acceptors (Lipinski definition) is 6. The highest BCUT2D eigenvalue weighted by Gasteiger charge is 2.52. The van der Waals surface area contributed by atoms with Gasteiger partial charge in [-0.25, -0.2) is 4.98 Å². The number of thiazole rings is 1. The second-order valence-electron chi connectivity index (χ2n) is 6.78. The summed E-state index contributed by atoms with van der Waals surface area (Å²) >= 11 is 2.91. The van der Waals surface area contributed by atoms with Gasteiger partial charge >= 0.3 is 7.12 Å². The summed E-state index contributed by atoms with van der Waals surface area (Å²) in [6.07, 6.45) is 2.00. The largest absolute Gasteiger partial charge is 0.491 e. The Labute approximate surface area is 147 Å². The van der Waals surface area contributed by atoms with Crippen LogP contribution in [0, 0.1) is 13.8 Å². The summed E-state index contributed by atoms with van der Waals surface area (Å²) in [5.74, 6) is 0.545. The molecule has 0 N–H and O–H groups in total. The number of rotatable bonds is 4. The zero-order valence-electron chi connectivity index (χ0n) is 14.9. The van der Waals surface area contributed by atoms with Gasteiger partial charge in [-0.3, -0.25) is 4.79 Å². The van der Waals surface area contributed by atoms with Crippen LogP contribution in [0.2, 0.25) is 0 Å². The lowest BCUT2D eigenvalue weighted by Crippen LogP contribution is -2.41. The smallest absolute Gasteiger partial charge is 0.400 e. The van der Waals surface area contributed by atoms with Gasteiger partial charge < -0.3 is 9.31 Å². The van der Waals surface area contributed by atoms with Gasteiger partial charge in [0.1, 0.15) is 5.01 Å². The summed E-state index contributed by atoms with van der Waals surface area (Å²) in [5.41, 5.74) is 1.19. The fourth-order valence-corrected chi connectivity index (χ4v) is 3.56. The number of aryl methyl sites for hydroxylation is 2. The van der Waals surface area contributed by atoms with Gasteiger partial charge in [0.2, 0.25) is 0 Å². The Balaban J connectivity index is 2.30. The Morgan fingerprint density at radius 1 is 1.26 bits per heavy atom. The average Bonchev–Trinajstić information content (AvgIpc) is 2.81. The van der Waals surface area contributed by atoms with E-state index >= 15 is 0 Å².